The van der Waals surface area contributed by atoms with Crippen molar-refractivity contribution in [2.75, 3.05) is 7.05 Å². The fraction of sp³-hybridized carbons (Fsp3) is 0.875. The Morgan fingerprint density at radius 1 is 1.38 bits per heavy atom. The van der Waals surface area contributed by atoms with Crippen LogP contribution < -0.4 is 10.6 Å². The van der Waals surface area contributed by atoms with E-state index in [4.69, 9.17) is 23.2 Å². The Bertz CT molecular complexity index is 189. The second-order valence-electron chi connectivity index (χ2n) is 3.22. The highest BCUT2D eigenvalue weighted by Crippen LogP contribution is 2.27. The van der Waals surface area contributed by atoms with E-state index in [1.54, 1.807) is 7.05 Å². The lowest BCUT2D eigenvalue weighted by atomic mass is 9.94. The highest BCUT2D eigenvalue weighted by molar-refractivity contribution is 6.30. The van der Waals surface area contributed by atoms with Crippen LogP contribution in [0.15, 0.2) is 0 Å². The molecule has 0 spiro atoms. The van der Waals surface area contributed by atoms with Crippen molar-refractivity contribution in [3.05, 3.63) is 0 Å². The Kier molecular flexibility index (Phi) is 4.13. The zero-order chi connectivity index (χ0) is 9.84. The molecule has 76 valence electrons. The molecule has 0 heterocycles. The van der Waals surface area contributed by atoms with E-state index >= 15 is 0 Å². The quantitative estimate of drug-likeness (QED) is 0.655. The number of rotatable bonds is 1. The van der Waals surface area contributed by atoms with Gasteiger partial charge in [-0.05, 0) is 19.3 Å². The number of nitrogens with one attached hydrogen (secondary N) is 2. The number of amides is 2. The zero-order valence-electron chi connectivity index (χ0n) is 7.52. The number of carbonyl (C=O) groups excluding carboxylic acids is 1. The summed E-state index contributed by atoms with van der Waals surface area (Å²) in [7, 11) is 1.58. The largest absolute Gasteiger partial charge is 0.341 e. The number of carbonyl (C=O) groups is 1. The fourth-order valence-electron chi connectivity index (χ4n) is 1.50. The smallest absolute Gasteiger partial charge is 0.314 e. The van der Waals surface area contributed by atoms with Crippen LogP contribution in [0.3, 0.4) is 0 Å². The molecule has 2 amide bonds. The number of hydrogen-bond donors (Lipinski definition) is 2. The van der Waals surface area contributed by atoms with Gasteiger partial charge >= 0.3 is 6.03 Å². The van der Waals surface area contributed by atoms with E-state index in [1.165, 1.54) is 0 Å². The van der Waals surface area contributed by atoms with Gasteiger partial charge in [-0.1, -0.05) is 0 Å². The Morgan fingerprint density at radius 3 is 2.69 bits per heavy atom. The van der Waals surface area contributed by atoms with Crippen LogP contribution in [0.25, 0.3) is 0 Å². The Balaban J connectivity index is 2.43. The summed E-state index contributed by atoms with van der Waals surface area (Å²) in [5.74, 6) is 0. The number of halogens is 2. The topological polar surface area (TPSA) is 41.1 Å². The van der Waals surface area contributed by atoms with Gasteiger partial charge in [-0.3, -0.25) is 0 Å². The van der Waals surface area contributed by atoms with Gasteiger partial charge in [0.15, 0.2) is 0 Å². The lowest BCUT2D eigenvalue weighted by Crippen LogP contribution is -2.49. The summed E-state index contributed by atoms with van der Waals surface area (Å²) >= 11 is 12.0. The lowest BCUT2D eigenvalue weighted by Gasteiger charge is -2.31. The Morgan fingerprint density at radius 2 is 2.08 bits per heavy atom. The summed E-state index contributed by atoms with van der Waals surface area (Å²) in [4.78, 5) is 11.0. The highest BCUT2D eigenvalue weighted by atomic mass is 35.5. The maximum Gasteiger partial charge on any atom is 0.314 e. The second-order valence-corrected chi connectivity index (χ2v) is 4.29. The van der Waals surface area contributed by atoms with Crippen LogP contribution in [0.5, 0.6) is 0 Å². The van der Waals surface area contributed by atoms with Crippen molar-refractivity contribution in [2.45, 2.75) is 36.1 Å². The van der Waals surface area contributed by atoms with Gasteiger partial charge in [0.25, 0.3) is 0 Å². The molecule has 3 unspecified atom stereocenters. The van der Waals surface area contributed by atoms with Gasteiger partial charge in [-0.15, -0.1) is 23.2 Å². The first-order valence-electron chi connectivity index (χ1n) is 4.41. The van der Waals surface area contributed by atoms with Crippen LogP contribution in [0, 0.1) is 0 Å². The van der Waals surface area contributed by atoms with Crippen LogP contribution in [0.2, 0.25) is 0 Å². The first-order chi connectivity index (χ1) is 6.15. The molecular formula is C8H14Cl2N2O. The van der Waals surface area contributed by atoms with Gasteiger partial charge in [-0.2, -0.15) is 0 Å². The molecule has 0 aromatic rings. The predicted molar refractivity (Wildman–Crippen MR) is 54.5 cm³/mol. The lowest BCUT2D eigenvalue weighted by molar-refractivity contribution is 0.235. The van der Waals surface area contributed by atoms with E-state index in [0.717, 1.165) is 19.3 Å². The fourth-order valence-corrected chi connectivity index (χ4v) is 2.14. The molecule has 5 heteroatoms. The zero-order valence-corrected chi connectivity index (χ0v) is 9.03. The van der Waals surface area contributed by atoms with Gasteiger partial charge in [-0.25, -0.2) is 4.79 Å². The van der Waals surface area contributed by atoms with E-state index < -0.39 is 0 Å². The van der Waals surface area contributed by atoms with Crippen LogP contribution in [0.1, 0.15) is 19.3 Å². The SMILES string of the molecule is CNC(=O)NC1CCCC(Cl)C1Cl. The summed E-state index contributed by atoms with van der Waals surface area (Å²) < 4.78 is 0. The van der Waals surface area contributed by atoms with Crippen LogP contribution in [-0.4, -0.2) is 29.9 Å². The van der Waals surface area contributed by atoms with Crippen LogP contribution in [0.4, 0.5) is 4.79 Å². The number of hydrogen-bond acceptors (Lipinski definition) is 1. The van der Waals surface area contributed by atoms with Crippen molar-refractivity contribution in [3.63, 3.8) is 0 Å². The van der Waals surface area contributed by atoms with Crippen molar-refractivity contribution >= 4 is 29.2 Å². The summed E-state index contributed by atoms with van der Waals surface area (Å²) in [6.07, 6.45) is 2.86. The van der Waals surface area contributed by atoms with Crippen molar-refractivity contribution in [2.24, 2.45) is 0 Å². The van der Waals surface area contributed by atoms with Crippen molar-refractivity contribution in [1.82, 2.24) is 10.6 Å². The molecule has 0 saturated heterocycles. The van der Waals surface area contributed by atoms with E-state index in [1.807, 2.05) is 0 Å². The maximum absolute atomic E-state index is 11.0. The molecule has 1 rings (SSSR count). The van der Waals surface area contributed by atoms with Crippen LogP contribution in [-0.2, 0) is 0 Å². The average Bonchev–Trinajstić information content (AvgIpc) is 2.13. The first kappa shape index (κ1) is 10.9. The van der Waals surface area contributed by atoms with Crippen LogP contribution >= 0.6 is 23.2 Å². The molecular weight excluding hydrogens is 211 g/mol. The molecule has 3 nitrogen and oxygen atoms in total. The van der Waals surface area contributed by atoms with Crippen molar-refractivity contribution < 1.29 is 4.79 Å². The van der Waals surface area contributed by atoms with E-state index in [0.29, 0.717) is 0 Å². The molecule has 3 atom stereocenters. The summed E-state index contributed by atoms with van der Waals surface area (Å²) in [6, 6.07) is -0.195. The van der Waals surface area contributed by atoms with E-state index in [-0.39, 0.29) is 22.8 Å². The van der Waals surface area contributed by atoms with Gasteiger partial charge < -0.3 is 10.6 Å². The molecule has 0 bridgehead atoms. The molecule has 0 aromatic carbocycles. The third kappa shape index (κ3) is 2.92. The number of urea groups is 1. The summed E-state index contributed by atoms with van der Waals surface area (Å²) in [6.45, 7) is 0. The Hall–Kier alpha value is -0.150. The van der Waals surface area contributed by atoms with E-state index in [2.05, 4.69) is 10.6 Å². The molecule has 2 N–H and O–H groups in total. The molecule has 1 saturated carbocycles. The minimum atomic E-state index is -0.193. The molecule has 0 aliphatic heterocycles. The minimum absolute atomic E-state index is 0.00198. The molecule has 1 aliphatic carbocycles. The summed E-state index contributed by atoms with van der Waals surface area (Å²) in [5.41, 5.74) is 0. The molecule has 0 aromatic heterocycles. The first-order valence-corrected chi connectivity index (χ1v) is 5.29. The molecule has 0 radical (unpaired) electrons. The normalized spacial score (nSPS) is 33.9. The third-order valence-electron chi connectivity index (χ3n) is 2.27. The van der Waals surface area contributed by atoms with Crippen molar-refractivity contribution in [3.8, 4) is 0 Å². The molecule has 13 heavy (non-hydrogen) atoms. The standard InChI is InChI=1S/C8H14Cl2N2O/c1-11-8(13)12-6-4-2-3-5(9)7(6)10/h5-7H,2-4H2,1H3,(H2,11,12,13). The number of alkyl halides is 2. The monoisotopic (exact) mass is 224 g/mol. The highest BCUT2D eigenvalue weighted by Gasteiger charge is 2.31. The Labute approximate surface area is 88.2 Å². The third-order valence-corrected chi connectivity index (χ3v) is 3.50. The predicted octanol–water partition coefficient (Wildman–Crippen LogP) is 1.68. The second kappa shape index (κ2) is 4.91. The molecule has 1 fully saturated rings. The van der Waals surface area contributed by atoms with E-state index in [9.17, 15) is 4.79 Å². The minimum Gasteiger partial charge on any atom is -0.341 e. The maximum atomic E-state index is 11.0. The van der Waals surface area contributed by atoms with Gasteiger partial charge in [0.1, 0.15) is 0 Å². The van der Waals surface area contributed by atoms with Gasteiger partial charge in [0.05, 0.1) is 10.8 Å². The van der Waals surface area contributed by atoms with Crippen molar-refractivity contribution in [1.29, 1.82) is 0 Å². The average molecular weight is 225 g/mol. The van der Waals surface area contributed by atoms with Gasteiger partial charge in [0.2, 0.25) is 0 Å². The summed E-state index contributed by atoms with van der Waals surface area (Å²) in [5, 5.41) is 5.09. The molecule has 1 aliphatic rings. The van der Waals surface area contributed by atoms with Gasteiger partial charge in [0, 0.05) is 13.1 Å².